The van der Waals surface area contributed by atoms with Crippen molar-refractivity contribution < 1.29 is 4.79 Å². The van der Waals surface area contributed by atoms with Gasteiger partial charge in [0.2, 0.25) is 5.91 Å². The molecule has 0 radical (unpaired) electrons. The summed E-state index contributed by atoms with van der Waals surface area (Å²) in [7, 11) is 1.66. The minimum Gasteiger partial charge on any atom is -0.350 e. The number of carbonyl (C=O) groups is 1. The number of tetrazole rings is 1. The lowest BCUT2D eigenvalue weighted by atomic mass is 9.50. The maximum atomic E-state index is 13.3. The first kappa shape index (κ1) is 17.3. The third-order valence-corrected chi connectivity index (χ3v) is 7.77. The van der Waals surface area contributed by atoms with Gasteiger partial charge in [-0.25, -0.2) is 9.48 Å². The number of fused-ring (bicyclic) bond motifs is 1. The second-order valence-electron chi connectivity index (χ2n) is 9.85. The molecule has 4 fully saturated rings. The maximum Gasteiger partial charge on any atom is 0.345 e. The highest BCUT2D eigenvalue weighted by molar-refractivity contribution is 5.79. The van der Waals surface area contributed by atoms with Crippen LogP contribution in [0.4, 0.5) is 0 Å². The molecular weight excluding hydrogens is 372 g/mol. The van der Waals surface area contributed by atoms with E-state index in [-0.39, 0.29) is 28.6 Å². The molecule has 29 heavy (non-hydrogen) atoms. The lowest BCUT2D eigenvalue weighted by molar-refractivity contribution is -0.136. The Morgan fingerprint density at radius 3 is 2.76 bits per heavy atom. The monoisotopic (exact) mass is 398 g/mol. The number of hydrogen-bond acceptors (Lipinski definition) is 6. The summed E-state index contributed by atoms with van der Waals surface area (Å²) in [5.41, 5.74) is -0.438. The van der Waals surface area contributed by atoms with Crippen molar-refractivity contribution in [3.8, 4) is 0 Å². The van der Waals surface area contributed by atoms with Crippen molar-refractivity contribution in [2.24, 2.45) is 24.8 Å². The van der Waals surface area contributed by atoms with E-state index in [2.05, 4.69) is 25.8 Å². The molecule has 1 aliphatic heterocycles. The fraction of sp³-hybridized carbons (Fsp3) is 0.789. The van der Waals surface area contributed by atoms with E-state index in [0.717, 1.165) is 44.3 Å². The van der Waals surface area contributed by atoms with Gasteiger partial charge in [-0.1, -0.05) is 0 Å². The minimum atomic E-state index is -0.186. The lowest BCUT2D eigenvalue weighted by Gasteiger charge is -2.61. The van der Waals surface area contributed by atoms with Crippen LogP contribution in [0, 0.1) is 17.8 Å². The molecule has 0 saturated heterocycles. The van der Waals surface area contributed by atoms with Gasteiger partial charge in [-0.2, -0.15) is 9.90 Å². The first-order valence-corrected chi connectivity index (χ1v) is 10.6. The predicted molar refractivity (Wildman–Crippen MR) is 101 cm³/mol. The van der Waals surface area contributed by atoms with Crippen molar-refractivity contribution in [3.63, 3.8) is 0 Å². The summed E-state index contributed by atoms with van der Waals surface area (Å²) < 4.78 is 3.03. The normalized spacial score (nSPS) is 37.5. The van der Waals surface area contributed by atoms with Gasteiger partial charge in [-0.05, 0) is 62.0 Å². The quantitative estimate of drug-likeness (QED) is 0.778. The molecule has 4 bridgehead atoms. The summed E-state index contributed by atoms with van der Waals surface area (Å²) in [6, 6.07) is 0. The summed E-state index contributed by atoms with van der Waals surface area (Å²) in [6.45, 7) is 0.423. The molecule has 4 saturated carbocycles. The Morgan fingerprint density at radius 1 is 1.24 bits per heavy atom. The van der Waals surface area contributed by atoms with Gasteiger partial charge in [0.25, 0.3) is 0 Å². The number of nitrogens with zero attached hydrogens (tertiary/aromatic N) is 7. The van der Waals surface area contributed by atoms with Crippen molar-refractivity contribution in [2.45, 2.75) is 69.0 Å². The standard InChI is InChI=1S/C19H26N8O2/c1-25-17(29)26-9-14(2-3-15(26)23-25)16(28)22-18-5-12-4-13(6-18)8-19(7-12,10-18)27-21-11-20-24-27/h11-14H,2-10H2,1H3,(H,22,28). The zero-order valence-corrected chi connectivity index (χ0v) is 16.6. The molecule has 4 aliphatic carbocycles. The smallest absolute Gasteiger partial charge is 0.345 e. The average molecular weight is 398 g/mol. The molecule has 3 heterocycles. The fourth-order valence-corrected chi connectivity index (χ4v) is 7.09. The fourth-order valence-electron chi connectivity index (χ4n) is 7.09. The van der Waals surface area contributed by atoms with Gasteiger partial charge in [0.05, 0.1) is 11.5 Å². The van der Waals surface area contributed by atoms with Crippen LogP contribution < -0.4 is 11.0 Å². The van der Waals surface area contributed by atoms with E-state index in [1.54, 1.807) is 11.6 Å². The Hall–Kier alpha value is -2.52. The van der Waals surface area contributed by atoms with Crippen LogP contribution in [-0.2, 0) is 30.3 Å². The van der Waals surface area contributed by atoms with Crippen LogP contribution >= 0.6 is 0 Å². The highest BCUT2D eigenvalue weighted by Gasteiger charge is 2.60. The Balaban J connectivity index is 1.25. The number of rotatable bonds is 3. The Morgan fingerprint density at radius 2 is 2.03 bits per heavy atom. The minimum absolute atomic E-state index is 0.0788. The largest absolute Gasteiger partial charge is 0.350 e. The molecule has 5 aliphatic rings. The van der Waals surface area contributed by atoms with Gasteiger partial charge in [-0.15, -0.1) is 10.2 Å². The van der Waals surface area contributed by atoms with Gasteiger partial charge in [0.15, 0.2) is 6.33 Å². The molecule has 154 valence electrons. The SMILES string of the molecule is Cn1nc2n(c1=O)CC(C(=O)NC13CC4CC(C1)CC(n1ncnn1)(C4)C3)CC2. The summed E-state index contributed by atoms with van der Waals surface area (Å²) >= 11 is 0. The van der Waals surface area contributed by atoms with Crippen LogP contribution in [0.3, 0.4) is 0 Å². The molecule has 3 unspecified atom stereocenters. The molecule has 7 rings (SSSR count). The third-order valence-electron chi connectivity index (χ3n) is 7.77. The number of nitrogens with one attached hydrogen (secondary N) is 1. The number of amides is 1. The van der Waals surface area contributed by atoms with Crippen molar-refractivity contribution >= 4 is 5.91 Å². The van der Waals surface area contributed by atoms with Gasteiger partial charge >= 0.3 is 5.69 Å². The van der Waals surface area contributed by atoms with E-state index < -0.39 is 0 Å². The summed E-state index contributed by atoms with van der Waals surface area (Å²) in [5, 5.41) is 20.3. The van der Waals surface area contributed by atoms with E-state index >= 15 is 0 Å². The summed E-state index contributed by atoms with van der Waals surface area (Å²) in [5.74, 6) is 1.88. The molecule has 0 aromatic carbocycles. The Bertz CT molecular complexity index is 1010. The van der Waals surface area contributed by atoms with Gasteiger partial charge < -0.3 is 5.32 Å². The molecule has 10 nitrogen and oxygen atoms in total. The summed E-state index contributed by atoms with van der Waals surface area (Å²) in [4.78, 5) is 27.4. The molecule has 1 N–H and O–H groups in total. The van der Waals surface area contributed by atoms with Crippen molar-refractivity contribution in [1.29, 1.82) is 0 Å². The van der Waals surface area contributed by atoms with Crippen LogP contribution in [0.1, 0.15) is 50.8 Å². The first-order valence-electron chi connectivity index (χ1n) is 10.6. The molecule has 2 aromatic rings. The maximum absolute atomic E-state index is 13.3. The highest BCUT2D eigenvalue weighted by Crippen LogP contribution is 2.60. The van der Waals surface area contributed by atoms with E-state index in [4.69, 9.17) is 0 Å². The zero-order valence-electron chi connectivity index (χ0n) is 16.6. The second kappa shape index (κ2) is 5.76. The van der Waals surface area contributed by atoms with E-state index in [9.17, 15) is 9.59 Å². The Kier molecular flexibility index (Phi) is 3.45. The van der Waals surface area contributed by atoms with Crippen LogP contribution in [0.15, 0.2) is 11.1 Å². The second-order valence-corrected chi connectivity index (χ2v) is 9.85. The molecule has 3 atom stereocenters. The van der Waals surface area contributed by atoms with Gasteiger partial charge in [0.1, 0.15) is 5.82 Å². The van der Waals surface area contributed by atoms with Crippen molar-refractivity contribution in [2.75, 3.05) is 0 Å². The van der Waals surface area contributed by atoms with Crippen LogP contribution in [-0.4, -0.2) is 46.0 Å². The summed E-state index contributed by atoms with van der Waals surface area (Å²) in [6.07, 6.45) is 9.26. The molecular formula is C19H26N8O2. The zero-order chi connectivity index (χ0) is 19.8. The number of carbonyl (C=O) groups excluding carboxylic acids is 1. The van der Waals surface area contributed by atoms with E-state index in [1.165, 1.54) is 17.4 Å². The van der Waals surface area contributed by atoms with Crippen LogP contribution in [0.5, 0.6) is 0 Å². The predicted octanol–water partition coefficient (Wildman–Crippen LogP) is -0.00500. The third kappa shape index (κ3) is 2.53. The van der Waals surface area contributed by atoms with Crippen LogP contribution in [0.25, 0.3) is 0 Å². The topological polar surface area (TPSA) is 113 Å². The van der Waals surface area contributed by atoms with E-state index in [0.29, 0.717) is 24.8 Å². The van der Waals surface area contributed by atoms with E-state index in [1.807, 2.05) is 4.80 Å². The molecule has 2 aromatic heterocycles. The van der Waals surface area contributed by atoms with Crippen LogP contribution in [0.2, 0.25) is 0 Å². The Labute approximate surface area is 167 Å². The van der Waals surface area contributed by atoms with Gasteiger partial charge in [0, 0.05) is 25.6 Å². The number of aryl methyl sites for hydroxylation is 2. The highest BCUT2D eigenvalue weighted by atomic mass is 16.2. The van der Waals surface area contributed by atoms with Crippen molar-refractivity contribution in [1.82, 2.24) is 39.9 Å². The molecule has 10 heteroatoms. The molecule has 0 spiro atoms. The number of hydrogen-bond donors (Lipinski definition) is 1. The van der Waals surface area contributed by atoms with Gasteiger partial charge in [-0.3, -0.25) is 9.36 Å². The first-order chi connectivity index (χ1) is 14.0. The average Bonchev–Trinajstić information content (AvgIpc) is 3.30. The van der Waals surface area contributed by atoms with Crippen molar-refractivity contribution in [3.05, 3.63) is 22.6 Å². The molecule has 1 amide bonds. The lowest BCUT2D eigenvalue weighted by Crippen LogP contribution is -2.66. The number of aromatic nitrogens is 7.